The average molecular weight is 401 g/mol. The van der Waals surface area contributed by atoms with Crippen LogP contribution in [0.2, 0.25) is 0 Å². The fraction of sp³-hybridized carbons (Fsp3) is 0.286. The molecule has 0 radical (unpaired) electrons. The van der Waals surface area contributed by atoms with Gasteiger partial charge in [0.05, 0.1) is 11.0 Å². The van der Waals surface area contributed by atoms with E-state index in [0.29, 0.717) is 11.3 Å². The largest absolute Gasteiger partial charge is 0.490 e. The standard InChI is InChI=1S/C21H24N2O4S/c1-2-14-22-28(25,26)20-12-10-16(11-13-20)21(24)23-17-6-5-9-19(15-17)27-18-7-3-4-8-18/h2,5-6,9-13,15,18,22H,1,3-4,7-8,14H2,(H,23,24). The lowest BCUT2D eigenvalue weighted by molar-refractivity contribution is 0.102. The van der Waals surface area contributed by atoms with Crippen molar-refractivity contribution in [3.05, 3.63) is 66.7 Å². The molecular formula is C21H24N2O4S. The smallest absolute Gasteiger partial charge is 0.255 e. The molecule has 0 bridgehead atoms. The van der Waals surface area contributed by atoms with Crippen molar-refractivity contribution in [3.8, 4) is 5.75 Å². The number of hydrogen-bond donors (Lipinski definition) is 2. The number of sulfonamides is 1. The molecule has 148 valence electrons. The molecule has 0 spiro atoms. The van der Waals surface area contributed by atoms with E-state index in [4.69, 9.17) is 4.74 Å². The van der Waals surface area contributed by atoms with Crippen LogP contribution in [0.1, 0.15) is 36.0 Å². The maximum absolute atomic E-state index is 12.5. The van der Waals surface area contributed by atoms with Crippen LogP contribution in [-0.2, 0) is 10.0 Å². The molecule has 0 atom stereocenters. The summed E-state index contributed by atoms with van der Waals surface area (Å²) in [6, 6.07) is 13.1. The first-order valence-corrected chi connectivity index (χ1v) is 10.7. The fourth-order valence-electron chi connectivity index (χ4n) is 3.09. The Balaban J connectivity index is 1.65. The van der Waals surface area contributed by atoms with Crippen LogP contribution in [0, 0.1) is 0 Å². The molecule has 2 aromatic carbocycles. The molecule has 0 saturated heterocycles. The summed E-state index contributed by atoms with van der Waals surface area (Å²) in [6.07, 6.45) is 6.21. The Hall–Kier alpha value is -2.64. The second-order valence-electron chi connectivity index (χ2n) is 6.67. The van der Waals surface area contributed by atoms with Crippen LogP contribution >= 0.6 is 0 Å². The summed E-state index contributed by atoms with van der Waals surface area (Å²) in [7, 11) is -3.61. The van der Waals surface area contributed by atoms with E-state index in [2.05, 4.69) is 16.6 Å². The number of hydrogen-bond acceptors (Lipinski definition) is 4. The van der Waals surface area contributed by atoms with Crippen LogP contribution < -0.4 is 14.8 Å². The van der Waals surface area contributed by atoms with Gasteiger partial charge in [0.25, 0.3) is 5.91 Å². The molecule has 0 aliphatic heterocycles. The van der Waals surface area contributed by atoms with Crippen LogP contribution in [-0.4, -0.2) is 27.0 Å². The zero-order valence-corrected chi connectivity index (χ0v) is 16.4. The SMILES string of the molecule is C=CCNS(=O)(=O)c1ccc(C(=O)Nc2cccc(OC3CCCC3)c2)cc1. The van der Waals surface area contributed by atoms with Crippen molar-refractivity contribution in [1.82, 2.24) is 4.72 Å². The summed E-state index contributed by atoms with van der Waals surface area (Å²) in [5, 5.41) is 2.82. The Labute approximate surface area is 165 Å². The van der Waals surface area contributed by atoms with Crippen LogP contribution in [0.5, 0.6) is 5.75 Å². The first-order chi connectivity index (χ1) is 13.5. The number of carbonyl (C=O) groups is 1. The number of ether oxygens (including phenoxy) is 1. The topological polar surface area (TPSA) is 84.5 Å². The third-order valence-corrected chi connectivity index (χ3v) is 5.98. The summed E-state index contributed by atoms with van der Waals surface area (Å²) in [6.45, 7) is 3.62. The van der Waals surface area contributed by atoms with Crippen molar-refractivity contribution < 1.29 is 17.9 Å². The van der Waals surface area contributed by atoms with E-state index in [1.165, 1.54) is 43.2 Å². The van der Waals surface area contributed by atoms with E-state index < -0.39 is 10.0 Å². The quantitative estimate of drug-likeness (QED) is 0.662. The summed E-state index contributed by atoms with van der Waals surface area (Å²) >= 11 is 0. The van der Waals surface area contributed by atoms with Gasteiger partial charge >= 0.3 is 0 Å². The van der Waals surface area contributed by atoms with Crippen molar-refractivity contribution in [2.24, 2.45) is 0 Å². The summed E-state index contributed by atoms with van der Waals surface area (Å²) in [5.74, 6) is 0.417. The minimum absolute atomic E-state index is 0.0952. The Morgan fingerprint density at radius 3 is 2.54 bits per heavy atom. The van der Waals surface area contributed by atoms with Crippen LogP contribution in [0.15, 0.2) is 66.1 Å². The average Bonchev–Trinajstić information content (AvgIpc) is 3.20. The molecule has 0 aromatic heterocycles. The van der Waals surface area contributed by atoms with Crippen LogP contribution in [0.25, 0.3) is 0 Å². The van der Waals surface area contributed by atoms with Gasteiger partial charge in [0.15, 0.2) is 0 Å². The summed E-state index contributed by atoms with van der Waals surface area (Å²) < 4.78 is 32.5. The van der Waals surface area contributed by atoms with Gasteiger partial charge in [-0.05, 0) is 62.1 Å². The Morgan fingerprint density at radius 2 is 1.86 bits per heavy atom. The molecule has 0 unspecified atom stereocenters. The van der Waals surface area contributed by atoms with Crippen molar-refractivity contribution >= 4 is 21.6 Å². The van der Waals surface area contributed by atoms with E-state index in [0.717, 1.165) is 18.6 Å². The molecule has 0 heterocycles. The van der Waals surface area contributed by atoms with Crippen molar-refractivity contribution in [1.29, 1.82) is 0 Å². The molecule has 2 N–H and O–H groups in total. The molecule has 28 heavy (non-hydrogen) atoms. The van der Waals surface area contributed by atoms with E-state index in [1.807, 2.05) is 12.1 Å². The van der Waals surface area contributed by atoms with E-state index in [1.54, 1.807) is 12.1 Å². The lowest BCUT2D eigenvalue weighted by Crippen LogP contribution is -2.23. The number of anilines is 1. The van der Waals surface area contributed by atoms with E-state index in [9.17, 15) is 13.2 Å². The third-order valence-electron chi connectivity index (χ3n) is 4.54. The van der Waals surface area contributed by atoms with Gasteiger partial charge in [0.2, 0.25) is 10.0 Å². The van der Waals surface area contributed by atoms with Gasteiger partial charge in [0.1, 0.15) is 5.75 Å². The minimum atomic E-state index is -3.61. The van der Waals surface area contributed by atoms with Gasteiger partial charge in [-0.25, -0.2) is 13.1 Å². The predicted octanol–water partition coefficient (Wildman–Crippen LogP) is 3.72. The Morgan fingerprint density at radius 1 is 1.14 bits per heavy atom. The molecule has 1 saturated carbocycles. The lowest BCUT2D eigenvalue weighted by atomic mass is 10.2. The Bertz CT molecular complexity index is 933. The highest BCUT2D eigenvalue weighted by molar-refractivity contribution is 7.89. The van der Waals surface area contributed by atoms with Crippen molar-refractivity contribution in [2.75, 3.05) is 11.9 Å². The number of nitrogens with one attached hydrogen (secondary N) is 2. The molecule has 1 aliphatic rings. The first-order valence-electron chi connectivity index (χ1n) is 9.26. The molecule has 1 fully saturated rings. The molecule has 6 nitrogen and oxygen atoms in total. The number of carbonyl (C=O) groups excluding carboxylic acids is 1. The monoisotopic (exact) mass is 400 g/mol. The van der Waals surface area contributed by atoms with Gasteiger partial charge in [-0.1, -0.05) is 12.1 Å². The van der Waals surface area contributed by atoms with Crippen LogP contribution in [0.3, 0.4) is 0 Å². The molecular weight excluding hydrogens is 376 g/mol. The van der Waals surface area contributed by atoms with Gasteiger partial charge in [-0.15, -0.1) is 6.58 Å². The van der Waals surface area contributed by atoms with Gasteiger partial charge in [-0.3, -0.25) is 4.79 Å². The second-order valence-corrected chi connectivity index (χ2v) is 8.44. The van der Waals surface area contributed by atoms with Crippen molar-refractivity contribution in [2.45, 2.75) is 36.7 Å². The molecule has 2 aromatic rings. The third kappa shape index (κ3) is 5.21. The van der Waals surface area contributed by atoms with Gasteiger partial charge in [-0.2, -0.15) is 0 Å². The number of amides is 1. The molecule has 7 heteroatoms. The summed E-state index contributed by atoms with van der Waals surface area (Å²) in [4.78, 5) is 12.6. The van der Waals surface area contributed by atoms with Gasteiger partial charge in [0, 0.05) is 23.9 Å². The Kier molecular flexibility index (Phi) is 6.49. The lowest BCUT2D eigenvalue weighted by Gasteiger charge is -2.14. The van der Waals surface area contributed by atoms with Gasteiger partial charge < -0.3 is 10.1 Å². The zero-order valence-electron chi connectivity index (χ0n) is 15.6. The number of rotatable bonds is 8. The fourth-order valence-corrected chi connectivity index (χ4v) is 4.08. The maximum Gasteiger partial charge on any atom is 0.255 e. The highest BCUT2D eigenvalue weighted by Crippen LogP contribution is 2.26. The number of benzene rings is 2. The zero-order chi connectivity index (χ0) is 20.0. The maximum atomic E-state index is 12.5. The molecule has 3 rings (SSSR count). The van der Waals surface area contributed by atoms with Crippen molar-refractivity contribution in [3.63, 3.8) is 0 Å². The predicted molar refractivity (Wildman–Crippen MR) is 109 cm³/mol. The summed E-state index contributed by atoms with van der Waals surface area (Å²) in [5.41, 5.74) is 0.995. The first kappa shape index (κ1) is 20.1. The highest BCUT2D eigenvalue weighted by atomic mass is 32.2. The second kappa shape index (κ2) is 9.03. The molecule has 1 aliphatic carbocycles. The normalized spacial score (nSPS) is 14.6. The van der Waals surface area contributed by atoms with Crippen LogP contribution in [0.4, 0.5) is 5.69 Å². The minimum Gasteiger partial charge on any atom is -0.490 e. The molecule has 1 amide bonds. The van der Waals surface area contributed by atoms with E-state index in [-0.39, 0.29) is 23.5 Å². The highest BCUT2D eigenvalue weighted by Gasteiger charge is 2.17. The van der Waals surface area contributed by atoms with E-state index >= 15 is 0 Å².